The molecule has 2 aromatic rings. The SMILES string of the molecule is O=C(Nc1cccc(Cl)c1Cl)N(S)C(c1cccnc1)N1CCC1. The molecule has 0 aliphatic carbocycles. The van der Waals surface area contributed by atoms with Gasteiger partial charge in [0.25, 0.3) is 0 Å². The number of carbonyl (C=O) groups excluding carboxylic acids is 1. The van der Waals surface area contributed by atoms with Gasteiger partial charge in [-0.2, -0.15) is 0 Å². The number of rotatable bonds is 4. The van der Waals surface area contributed by atoms with Crippen LogP contribution in [0.4, 0.5) is 10.5 Å². The van der Waals surface area contributed by atoms with E-state index in [0.29, 0.717) is 15.7 Å². The molecule has 2 heterocycles. The van der Waals surface area contributed by atoms with Crippen molar-refractivity contribution >= 4 is 47.7 Å². The standard InChI is InChI=1S/C16H16Cl2N4OS/c17-12-5-1-6-13(14(12)18)20-16(23)22(24)15(21-8-3-9-21)11-4-2-7-19-10-11/h1-2,4-7,10,15,24H,3,8-9H2,(H,20,23). The first kappa shape index (κ1) is 17.4. The summed E-state index contributed by atoms with van der Waals surface area (Å²) >= 11 is 16.5. The molecule has 2 amide bonds. The number of nitrogens with one attached hydrogen (secondary N) is 1. The second-order valence-electron chi connectivity index (χ2n) is 5.43. The minimum atomic E-state index is -0.386. The molecule has 0 saturated carbocycles. The van der Waals surface area contributed by atoms with Crippen LogP contribution in [0.2, 0.25) is 10.0 Å². The van der Waals surface area contributed by atoms with Gasteiger partial charge >= 0.3 is 6.03 Å². The highest BCUT2D eigenvalue weighted by Gasteiger charge is 2.32. The molecule has 1 unspecified atom stereocenters. The van der Waals surface area contributed by atoms with Crippen LogP contribution in [0.5, 0.6) is 0 Å². The summed E-state index contributed by atoms with van der Waals surface area (Å²) in [6.45, 7) is 1.81. The number of aromatic nitrogens is 1. The van der Waals surface area contributed by atoms with Gasteiger partial charge in [0, 0.05) is 31.0 Å². The Labute approximate surface area is 156 Å². The average Bonchev–Trinajstić information content (AvgIpc) is 2.55. The van der Waals surface area contributed by atoms with Crippen LogP contribution in [0.3, 0.4) is 0 Å². The van der Waals surface area contributed by atoms with Crippen molar-refractivity contribution < 1.29 is 4.79 Å². The van der Waals surface area contributed by atoms with Crippen LogP contribution < -0.4 is 5.32 Å². The highest BCUT2D eigenvalue weighted by molar-refractivity contribution is 7.78. The summed E-state index contributed by atoms with van der Waals surface area (Å²) in [5, 5.41) is 3.43. The number of hydrogen-bond acceptors (Lipinski definition) is 4. The molecule has 0 spiro atoms. The number of benzene rings is 1. The van der Waals surface area contributed by atoms with Crippen molar-refractivity contribution in [1.29, 1.82) is 0 Å². The summed E-state index contributed by atoms with van der Waals surface area (Å²) in [5.41, 5.74) is 1.35. The van der Waals surface area contributed by atoms with Crippen molar-refractivity contribution in [3.8, 4) is 0 Å². The van der Waals surface area contributed by atoms with E-state index < -0.39 is 0 Å². The predicted octanol–water partition coefficient (Wildman–Crippen LogP) is 4.47. The van der Waals surface area contributed by atoms with Gasteiger partial charge in [-0.05, 0) is 24.6 Å². The number of nitrogens with zero attached hydrogens (tertiary/aromatic N) is 3. The van der Waals surface area contributed by atoms with Crippen LogP contribution in [0, 0.1) is 0 Å². The van der Waals surface area contributed by atoms with E-state index in [-0.39, 0.29) is 12.2 Å². The zero-order valence-corrected chi connectivity index (χ0v) is 15.1. The fraction of sp³-hybridized carbons (Fsp3) is 0.250. The van der Waals surface area contributed by atoms with Crippen LogP contribution in [0.1, 0.15) is 18.2 Å². The third kappa shape index (κ3) is 3.62. The molecule has 5 nitrogen and oxygen atoms in total. The van der Waals surface area contributed by atoms with E-state index in [1.54, 1.807) is 30.6 Å². The first-order chi connectivity index (χ1) is 11.6. The quantitative estimate of drug-likeness (QED) is 0.766. The Balaban J connectivity index is 1.80. The first-order valence-electron chi connectivity index (χ1n) is 7.45. The molecule has 1 aromatic heterocycles. The normalized spacial score (nSPS) is 15.5. The predicted molar refractivity (Wildman–Crippen MR) is 99.5 cm³/mol. The van der Waals surface area contributed by atoms with Crippen molar-refractivity contribution in [3.05, 3.63) is 58.3 Å². The number of pyridine rings is 1. The second-order valence-corrected chi connectivity index (χ2v) is 6.64. The summed E-state index contributed by atoms with van der Waals surface area (Å²) in [6.07, 6.45) is 4.24. The molecular formula is C16H16Cl2N4OS. The molecule has 1 saturated heterocycles. The Kier molecular flexibility index (Phi) is 5.50. The van der Waals surface area contributed by atoms with E-state index >= 15 is 0 Å². The zero-order chi connectivity index (χ0) is 17.1. The summed E-state index contributed by atoms with van der Waals surface area (Å²) in [6, 6.07) is 8.46. The molecule has 3 rings (SSSR count). The third-order valence-corrected chi connectivity index (χ3v) is 5.07. The van der Waals surface area contributed by atoms with Gasteiger partial charge in [-0.25, -0.2) is 9.10 Å². The lowest BCUT2D eigenvalue weighted by Gasteiger charge is -2.42. The minimum Gasteiger partial charge on any atom is -0.306 e. The molecular weight excluding hydrogens is 367 g/mol. The second kappa shape index (κ2) is 7.61. The maximum absolute atomic E-state index is 12.6. The van der Waals surface area contributed by atoms with Crippen LogP contribution >= 0.6 is 36.0 Å². The van der Waals surface area contributed by atoms with Crippen molar-refractivity contribution in [2.24, 2.45) is 0 Å². The molecule has 8 heteroatoms. The van der Waals surface area contributed by atoms with E-state index in [0.717, 1.165) is 25.1 Å². The lowest BCUT2D eigenvalue weighted by molar-refractivity contribution is 0.0659. The van der Waals surface area contributed by atoms with E-state index in [9.17, 15) is 4.79 Å². The van der Waals surface area contributed by atoms with Crippen LogP contribution in [-0.4, -0.2) is 33.3 Å². The maximum atomic E-state index is 12.6. The molecule has 126 valence electrons. The van der Waals surface area contributed by atoms with E-state index in [4.69, 9.17) is 23.2 Å². The summed E-state index contributed by atoms with van der Waals surface area (Å²) in [4.78, 5) is 18.9. The molecule has 1 atom stereocenters. The molecule has 0 radical (unpaired) electrons. The number of carbonyl (C=O) groups is 1. The Morgan fingerprint density at radius 3 is 2.71 bits per heavy atom. The number of halogens is 2. The van der Waals surface area contributed by atoms with Gasteiger partial charge < -0.3 is 5.32 Å². The number of anilines is 1. The van der Waals surface area contributed by atoms with Crippen LogP contribution in [0.15, 0.2) is 42.7 Å². The van der Waals surface area contributed by atoms with Crippen molar-refractivity contribution in [3.63, 3.8) is 0 Å². The number of hydrogen-bond donors (Lipinski definition) is 2. The molecule has 1 aromatic carbocycles. The number of amides is 2. The number of likely N-dealkylation sites (tertiary alicyclic amines) is 1. The fourth-order valence-corrected chi connectivity index (χ4v) is 3.18. The molecule has 1 fully saturated rings. The van der Waals surface area contributed by atoms with Gasteiger partial charge in [-0.3, -0.25) is 9.88 Å². The van der Waals surface area contributed by atoms with Gasteiger partial charge in [-0.15, -0.1) is 0 Å². The maximum Gasteiger partial charge on any atom is 0.333 e. The van der Waals surface area contributed by atoms with E-state index in [1.807, 2.05) is 12.1 Å². The van der Waals surface area contributed by atoms with Crippen molar-refractivity contribution in [2.45, 2.75) is 12.6 Å². The van der Waals surface area contributed by atoms with E-state index in [2.05, 4.69) is 28.0 Å². The van der Waals surface area contributed by atoms with Gasteiger partial charge in [0.15, 0.2) is 0 Å². The summed E-state index contributed by atoms with van der Waals surface area (Å²) in [7, 11) is 0. The Morgan fingerprint density at radius 1 is 1.29 bits per heavy atom. The van der Waals surface area contributed by atoms with Crippen LogP contribution in [0.25, 0.3) is 0 Å². The Hall–Kier alpha value is -1.47. The molecule has 1 aliphatic heterocycles. The van der Waals surface area contributed by atoms with E-state index in [1.165, 1.54) is 4.31 Å². The van der Waals surface area contributed by atoms with Gasteiger partial charge in [0.2, 0.25) is 0 Å². The Bertz CT molecular complexity index is 727. The van der Waals surface area contributed by atoms with Gasteiger partial charge in [0.05, 0.1) is 15.7 Å². The number of thiol groups is 1. The summed E-state index contributed by atoms with van der Waals surface area (Å²) < 4.78 is 1.35. The molecule has 0 bridgehead atoms. The smallest absolute Gasteiger partial charge is 0.306 e. The molecule has 1 aliphatic rings. The highest BCUT2D eigenvalue weighted by Crippen LogP contribution is 2.33. The summed E-state index contributed by atoms with van der Waals surface area (Å²) in [5.74, 6) is 0. The lowest BCUT2D eigenvalue weighted by Crippen LogP contribution is -2.47. The minimum absolute atomic E-state index is 0.297. The first-order valence-corrected chi connectivity index (χ1v) is 8.60. The largest absolute Gasteiger partial charge is 0.333 e. The Morgan fingerprint density at radius 2 is 2.08 bits per heavy atom. The lowest BCUT2D eigenvalue weighted by atomic mass is 10.1. The highest BCUT2D eigenvalue weighted by atomic mass is 35.5. The van der Waals surface area contributed by atoms with Gasteiger partial charge in [0.1, 0.15) is 6.17 Å². The third-order valence-electron chi connectivity index (χ3n) is 3.85. The van der Waals surface area contributed by atoms with Crippen LogP contribution in [-0.2, 0) is 0 Å². The average molecular weight is 383 g/mol. The fourth-order valence-electron chi connectivity index (χ4n) is 2.50. The molecule has 24 heavy (non-hydrogen) atoms. The van der Waals surface area contributed by atoms with Crippen molar-refractivity contribution in [2.75, 3.05) is 18.4 Å². The monoisotopic (exact) mass is 382 g/mol. The topological polar surface area (TPSA) is 48.5 Å². The van der Waals surface area contributed by atoms with Gasteiger partial charge in [-0.1, -0.05) is 48.1 Å². The number of urea groups is 1. The molecule has 1 N–H and O–H groups in total. The zero-order valence-electron chi connectivity index (χ0n) is 12.7. The van der Waals surface area contributed by atoms with Crippen molar-refractivity contribution in [1.82, 2.24) is 14.2 Å².